The van der Waals surface area contributed by atoms with Gasteiger partial charge >= 0.3 is 0 Å². The first-order valence-corrected chi connectivity index (χ1v) is 31.9. The predicted molar refractivity (Wildman–Crippen MR) is 348 cm³/mol. The first-order chi connectivity index (χ1) is 38.0. The second kappa shape index (κ2) is 18.1. The van der Waals surface area contributed by atoms with Gasteiger partial charge in [0.05, 0.1) is 5.69 Å². The van der Waals surface area contributed by atoms with E-state index in [2.05, 4.69) is 239 Å². The number of hydrogen-bond donors (Lipinski definition) is 0. The highest BCUT2D eigenvalue weighted by Crippen LogP contribution is 2.59. The molecule has 14 rings (SSSR count). The first kappa shape index (κ1) is 52.3. The standard InChI is InChI=1S/C76H85BN2S/c1-71(2,3)51-38-50(39-52(41-51)72(4,5)6)48-26-29-54(30-27-48)78-64-33-28-49(47-22-16-14-17-23-47)40-63(64)77-68-65(78)42-53(73(7,8)9)43-66(68)79(69-58-45-61-62(46-67(58)80-70(69)77)75(12,13)37-36-74(61,10)11)55-31-32-57-56-24-18-19-25-59(56)76(60(57)44-55)34-20-15-21-35-76/h18-19,24-33,38-47H,14-17,20-23,34-37H2,1-13H3. The Morgan fingerprint density at radius 2 is 1.06 bits per heavy atom. The molecule has 0 unspecified atom stereocenters. The summed E-state index contributed by atoms with van der Waals surface area (Å²) in [5.74, 6) is 0.591. The van der Waals surface area contributed by atoms with Gasteiger partial charge in [0.15, 0.2) is 0 Å². The number of anilines is 6. The molecule has 4 aliphatic carbocycles. The van der Waals surface area contributed by atoms with E-state index < -0.39 is 0 Å². The molecular weight excluding hydrogens is 984 g/mol. The zero-order valence-electron chi connectivity index (χ0n) is 50.6. The van der Waals surface area contributed by atoms with E-state index in [1.807, 2.05) is 0 Å². The number of hydrogen-bond acceptors (Lipinski definition) is 3. The van der Waals surface area contributed by atoms with Crippen molar-refractivity contribution in [1.82, 2.24) is 0 Å². The average Bonchev–Trinajstić information content (AvgIpc) is 4.02. The minimum Gasteiger partial charge on any atom is -0.311 e. The van der Waals surface area contributed by atoms with Crippen molar-refractivity contribution < 1.29 is 0 Å². The molecule has 0 N–H and O–H groups in total. The third-order valence-corrected chi connectivity index (χ3v) is 22.1. The van der Waals surface area contributed by atoms with Crippen LogP contribution in [0.25, 0.3) is 32.3 Å². The van der Waals surface area contributed by atoms with Crippen LogP contribution in [0.4, 0.5) is 34.1 Å². The van der Waals surface area contributed by atoms with Crippen LogP contribution < -0.4 is 25.5 Å². The number of thiophene rings is 1. The summed E-state index contributed by atoms with van der Waals surface area (Å²) in [4.78, 5) is 5.51. The molecule has 408 valence electrons. The Balaban J connectivity index is 1.05. The Morgan fingerprint density at radius 3 is 1.73 bits per heavy atom. The van der Waals surface area contributed by atoms with Crippen LogP contribution in [0.2, 0.25) is 0 Å². The van der Waals surface area contributed by atoms with Gasteiger partial charge in [-0.1, -0.05) is 201 Å². The van der Waals surface area contributed by atoms with Crippen LogP contribution in [-0.2, 0) is 32.5 Å². The van der Waals surface area contributed by atoms with Gasteiger partial charge in [0.25, 0.3) is 6.71 Å². The summed E-state index contributed by atoms with van der Waals surface area (Å²) in [7, 11) is 0. The van der Waals surface area contributed by atoms with Gasteiger partial charge in [0.2, 0.25) is 0 Å². The van der Waals surface area contributed by atoms with Gasteiger partial charge < -0.3 is 9.80 Å². The Morgan fingerprint density at radius 1 is 0.475 bits per heavy atom. The van der Waals surface area contributed by atoms with Crippen molar-refractivity contribution in [3.63, 3.8) is 0 Å². The van der Waals surface area contributed by atoms with E-state index in [1.165, 1.54) is 181 Å². The van der Waals surface area contributed by atoms with E-state index in [4.69, 9.17) is 0 Å². The van der Waals surface area contributed by atoms with Crippen molar-refractivity contribution in [3.05, 3.63) is 172 Å². The van der Waals surface area contributed by atoms with E-state index in [1.54, 1.807) is 22.3 Å². The van der Waals surface area contributed by atoms with Crippen molar-refractivity contribution in [2.24, 2.45) is 0 Å². The van der Waals surface area contributed by atoms with Gasteiger partial charge in [-0.2, -0.15) is 0 Å². The molecule has 0 atom stereocenters. The maximum atomic E-state index is 2.82. The molecule has 0 saturated heterocycles. The Labute approximate surface area is 484 Å². The molecule has 1 spiro atoms. The van der Waals surface area contributed by atoms with Crippen LogP contribution >= 0.6 is 11.3 Å². The third kappa shape index (κ3) is 8.12. The van der Waals surface area contributed by atoms with Gasteiger partial charge in [0.1, 0.15) is 0 Å². The second-order valence-electron chi connectivity index (χ2n) is 30.2. The third-order valence-electron chi connectivity index (χ3n) is 20.9. The fourth-order valence-corrected chi connectivity index (χ4v) is 17.3. The van der Waals surface area contributed by atoms with Gasteiger partial charge in [-0.15, -0.1) is 11.3 Å². The van der Waals surface area contributed by atoms with Crippen molar-refractivity contribution in [2.45, 2.75) is 205 Å². The summed E-state index contributed by atoms with van der Waals surface area (Å²) in [6.45, 7) is 31.5. The molecule has 2 aliphatic heterocycles. The fourth-order valence-electron chi connectivity index (χ4n) is 16.0. The highest BCUT2D eigenvalue weighted by atomic mass is 32.1. The lowest BCUT2D eigenvalue weighted by atomic mass is 9.36. The molecule has 7 aromatic carbocycles. The topological polar surface area (TPSA) is 6.48 Å². The van der Waals surface area contributed by atoms with E-state index in [9.17, 15) is 0 Å². The minimum atomic E-state index is -0.117. The maximum absolute atomic E-state index is 2.82. The maximum Gasteiger partial charge on any atom is 0.264 e. The smallest absolute Gasteiger partial charge is 0.264 e. The monoisotopic (exact) mass is 1070 g/mol. The van der Waals surface area contributed by atoms with Crippen molar-refractivity contribution >= 4 is 78.0 Å². The molecule has 2 nitrogen and oxygen atoms in total. The van der Waals surface area contributed by atoms with Gasteiger partial charge in [-0.3, -0.25) is 0 Å². The first-order valence-electron chi connectivity index (χ1n) is 31.1. The molecule has 1 aromatic heterocycles. The van der Waals surface area contributed by atoms with Crippen LogP contribution in [-0.4, -0.2) is 6.71 Å². The summed E-state index contributed by atoms with van der Waals surface area (Å²) < 4.78 is 2.93. The average molecular weight is 1070 g/mol. The molecule has 0 radical (unpaired) electrons. The van der Waals surface area contributed by atoms with Crippen molar-refractivity contribution in [2.75, 3.05) is 9.80 Å². The van der Waals surface area contributed by atoms with Crippen LogP contribution in [0.5, 0.6) is 0 Å². The van der Waals surface area contributed by atoms with Gasteiger partial charge in [-0.25, -0.2) is 0 Å². The van der Waals surface area contributed by atoms with Crippen LogP contribution in [0.15, 0.2) is 127 Å². The van der Waals surface area contributed by atoms with E-state index in [0.29, 0.717) is 5.92 Å². The molecule has 0 amide bonds. The number of fused-ring (bicyclic) bond motifs is 12. The number of nitrogens with zero attached hydrogens (tertiary/aromatic N) is 2. The molecule has 80 heavy (non-hydrogen) atoms. The molecule has 0 bridgehead atoms. The number of rotatable bonds is 4. The molecule has 8 aromatic rings. The van der Waals surface area contributed by atoms with Crippen LogP contribution in [0.1, 0.15) is 217 Å². The van der Waals surface area contributed by atoms with E-state index >= 15 is 0 Å². The minimum absolute atomic E-state index is 0.0362. The summed E-state index contributed by atoms with van der Waals surface area (Å²) in [6, 6.07) is 52.7. The summed E-state index contributed by atoms with van der Waals surface area (Å²) >= 11 is 2.10. The van der Waals surface area contributed by atoms with E-state index in [-0.39, 0.29) is 39.2 Å². The molecule has 3 heterocycles. The summed E-state index contributed by atoms with van der Waals surface area (Å²) in [6.07, 6.45) is 15.3. The molecule has 6 aliphatic rings. The Hall–Kier alpha value is -5.84. The lowest BCUT2D eigenvalue weighted by Crippen LogP contribution is -2.60. The lowest BCUT2D eigenvalue weighted by molar-refractivity contribution is 0.332. The molecule has 2 fully saturated rings. The van der Waals surface area contributed by atoms with Gasteiger partial charge in [-0.05, 0) is 204 Å². The SMILES string of the molecule is CC(C)(C)c1cc(-c2ccc(N3c4ccc(C5CCCCC5)cc4B4c5sc6cc7c(cc6c5N(c5ccc6c(c5)C5(CCCCC5)c5ccccc5-6)c5cc(C(C)(C)C)cc3c54)C(C)(C)CCC7(C)C)cc2)cc(C(C)(C)C)c1. The molecule has 2 saturated carbocycles. The zero-order chi connectivity index (χ0) is 55.6. The predicted octanol–water partition coefficient (Wildman–Crippen LogP) is 20.2. The Kier molecular flexibility index (Phi) is 11.8. The number of benzene rings is 7. The van der Waals surface area contributed by atoms with Gasteiger partial charge in [0, 0.05) is 48.7 Å². The normalized spacial score (nSPS) is 18.9. The fraction of sp³-hybridized carbons (Fsp3) is 0.421. The van der Waals surface area contributed by atoms with Crippen molar-refractivity contribution in [1.29, 1.82) is 0 Å². The summed E-state index contributed by atoms with van der Waals surface area (Å²) in [5.41, 5.74) is 28.3. The highest BCUT2D eigenvalue weighted by molar-refractivity contribution is 7.33. The summed E-state index contributed by atoms with van der Waals surface area (Å²) in [5, 5.41) is 1.42. The van der Waals surface area contributed by atoms with E-state index in [0.717, 1.165) is 0 Å². The molecular formula is C76H85BN2S. The molecule has 4 heteroatoms. The highest BCUT2D eigenvalue weighted by Gasteiger charge is 2.49. The lowest BCUT2D eigenvalue weighted by Gasteiger charge is -2.45. The Bertz CT molecular complexity index is 3780. The largest absolute Gasteiger partial charge is 0.311 e. The van der Waals surface area contributed by atoms with Crippen LogP contribution in [0.3, 0.4) is 0 Å². The quantitative estimate of drug-likeness (QED) is 0.162. The van der Waals surface area contributed by atoms with Crippen LogP contribution in [0, 0.1) is 0 Å². The second-order valence-corrected chi connectivity index (χ2v) is 31.3. The van der Waals surface area contributed by atoms with Crippen molar-refractivity contribution in [3.8, 4) is 22.3 Å². The zero-order valence-corrected chi connectivity index (χ0v) is 51.4.